The highest BCUT2D eigenvalue weighted by Gasteiger charge is 2.12. The molecular weight excluding hydrogens is 242 g/mol. The number of halogens is 1. The number of ether oxygens (including phenoxy) is 2. The summed E-state index contributed by atoms with van der Waals surface area (Å²) in [5.74, 6) is 1.45. The van der Waals surface area contributed by atoms with Gasteiger partial charge in [0, 0.05) is 23.2 Å². The van der Waals surface area contributed by atoms with E-state index in [9.17, 15) is 4.79 Å². The fourth-order valence-corrected chi connectivity index (χ4v) is 1.50. The summed E-state index contributed by atoms with van der Waals surface area (Å²) < 4.78 is 10.6. The van der Waals surface area contributed by atoms with Crippen LogP contribution in [0.1, 0.15) is 23.7 Å². The molecule has 0 heterocycles. The van der Waals surface area contributed by atoms with Crippen molar-refractivity contribution in [3.05, 3.63) is 17.7 Å². The van der Waals surface area contributed by atoms with E-state index in [0.29, 0.717) is 35.2 Å². The van der Waals surface area contributed by atoms with Gasteiger partial charge in [-0.2, -0.15) is 0 Å². The van der Waals surface area contributed by atoms with Crippen molar-refractivity contribution in [2.75, 3.05) is 25.3 Å². The van der Waals surface area contributed by atoms with Crippen LogP contribution in [-0.2, 0) is 0 Å². The third-order valence-electron chi connectivity index (χ3n) is 2.25. The summed E-state index contributed by atoms with van der Waals surface area (Å²) in [4.78, 5) is 11.3. The van der Waals surface area contributed by atoms with Crippen molar-refractivity contribution >= 4 is 23.1 Å². The lowest BCUT2D eigenvalue weighted by atomic mass is 10.1. The van der Waals surface area contributed by atoms with E-state index >= 15 is 0 Å². The van der Waals surface area contributed by atoms with Crippen LogP contribution in [0.25, 0.3) is 0 Å². The molecule has 0 aliphatic heterocycles. The number of anilines is 1. The van der Waals surface area contributed by atoms with Crippen molar-refractivity contribution in [3.63, 3.8) is 0 Å². The second-order valence-electron chi connectivity index (χ2n) is 3.54. The Bertz CT molecular complexity index is 407. The van der Waals surface area contributed by atoms with E-state index < -0.39 is 0 Å². The average Bonchev–Trinajstić information content (AvgIpc) is 2.29. The van der Waals surface area contributed by atoms with Crippen molar-refractivity contribution in [2.24, 2.45) is 0 Å². The monoisotopic (exact) mass is 257 g/mol. The topological polar surface area (TPSA) is 61.5 Å². The van der Waals surface area contributed by atoms with Crippen molar-refractivity contribution in [1.29, 1.82) is 0 Å². The summed E-state index contributed by atoms with van der Waals surface area (Å²) >= 11 is 5.56. The molecule has 5 heteroatoms. The third-order valence-corrected chi connectivity index (χ3v) is 2.52. The highest BCUT2D eigenvalue weighted by Crippen LogP contribution is 2.32. The van der Waals surface area contributed by atoms with Crippen LogP contribution in [0.15, 0.2) is 12.1 Å². The Kier molecular flexibility index (Phi) is 5.10. The van der Waals surface area contributed by atoms with Crippen LogP contribution in [-0.4, -0.2) is 25.4 Å². The van der Waals surface area contributed by atoms with Gasteiger partial charge in [0.25, 0.3) is 0 Å². The number of methoxy groups -OCH3 is 1. The van der Waals surface area contributed by atoms with Crippen LogP contribution in [0.5, 0.6) is 11.5 Å². The Balaban J connectivity index is 2.97. The second-order valence-corrected chi connectivity index (χ2v) is 3.92. The summed E-state index contributed by atoms with van der Waals surface area (Å²) in [6, 6.07) is 3.19. The maximum atomic E-state index is 11.3. The zero-order valence-corrected chi connectivity index (χ0v) is 10.7. The molecule has 94 valence electrons. The summed E-state index contributed by atoms with van der Waals surface area (Å²) in [5.41, 5.74) is 6.59. The first-order valence-corrected chi connectivity index (χ1v) is 5.80. The quantitative estimate of drug-likeness (QED) is 0.368. The maximum absolute atomic E-state index is 11.3. The molecule has 17 heavy (non-hydrogen) atoms. The van der Waals surface area contributed by atoms with Crippen LogP contribution in [0.3, 0.4) is 0 Å². The smallest absolute Gasteiger partial charge is 0.163 e. The fourth-order valence-electron chi connectivity index (χ4n) is 1.39. The Morgan fingerprint density at radius 1 is 1.41 bits per heavy atom. The summed E-state index contributed by atoms with van der Waals surface area (Å²) in [6.07, 6.45) is 0.735. The van der Waals surface area contributed by atoms with Gasteiger partial charge in [-0.1, -0.05) is 0 Å². The first-order valence-electron chi connectivity index (χ1n) is 5.27. The highest BCUT2D eigenvalue weighted by atomic mass is 35.5. The molecule has 4 nitrogen and oxygen atoms in total. The van der Waals surface area contributed by atoms with Gasteiger partial charge in [-0.05, 0) is 19.4 Å². The molecule has 0 bridgehead atoms. The van der Waals surface area contributed by atoms with E-state index in [4.69, 9.17) is 26.8 Å². The number of Topliss-reactive ketones (excluding diaryl/α,β-unsaturated/α-hetero) is 1. The van der Waals surface area contributed by atoms with Gasteiger partial charge in [0.05, 0.1) is 13.7 Å². The SMILES string of the molecule is COc1cc(C(C)=O)c(N)cc1OCCCCl. The third kappa shape index (κ3) is 3.53. The number of rotatable bonds is 6. The summed E-state index contributed by atoms with van der Waals surface area (Å²) in [7, 11) is 1.52. The van der Waals surface area contributed by atoms with E-state index in [-0.39, 0.29) is 5.78 Å². The van der Waals surface area contributed by atoms with Gasteiger partial charge < -0.3 is 15.2 Å². The van der Waals surface area contributed by atoms with E-state index in [0.717, 1.165) is 6.42 Å². The number of nitrogen functional groups attached to an aromatic ring is 1. The number of carbonyl (C=O) groups is 1. The van der Waals surface area contributed by atoms with Crippen LogP contribution in [0.4, 0.5) is 5.69 Å². The first kappa shape index (κ1) is 13.6. The van der Waals surface area contributed by atoms with E-state index in [1.165, 1.54) is 14.0 Å². The van der Waals surface area contributed by atoms with Crippen molar-refractivity contribution in [1.82, 2.24) is 0 Å². The lowest BCUT2D eigenvalue weighted by Crippen LogP contribution is -2.04. The van der Waals surface area contributed by atoms with Gasteiger partial charge in [-0.3, -0.25) is 4.79 Å². The molecule has 1 rings (SSSR count). The van der Waals surface area contributed by atoms with Crippen molar-refractivity contribution < 1.29 is 14.3 Å². The van der Waals surface area contributed by atoms with Gasteiger partial charge in [0.15, 0.2) is 17.3 Å². The second kappa shape index (κ2) is 6.35. The molecule has 0 aliphatic carbocycles. The molecule has 0 aromatic heterocycles. The molecule has 0 aliphatic rings. The molecular formula is C12H16ClNO3. The number of nitrogens with two attached hydrogens (primary N) is 1. The van der Waals surface area contributed by atoms with Crippen molar-refractivity contribution in [2.45, 2.75) is 13.3 Å². The molecule has 0 amide bonds. The summed E-state index contributed by atoms with van der Waals surface area (Å²) in [5, 5.41) is 0. The fraction of sp³-hybridized carbons (Fsp3) is 0.417. The number of alkyl halides is 1. The molecule has 1 aromatic carbocycles. The van der Waals surface area contributed by atoms with E-state index in [1.54, 1.807) is 12.1 Å². The summed E-state index contributed by atoms with van der Waals surface area (Å²) in [6.45, 7) is 1.94. The average molecular weight is 258 g/mol. The maximum Gasteiger partial charge on any atom is 0.163 e. The van der Waals surface area contributed by atoms with Crippen LogP contribution in [0, 0.1) is 0 Å². The first-order chi connectivity index (χ1) is 8.10. The van der Waals surface area contributed by atoms with Gasteiger partial charge in [-0.15, -0.1) is 11.6 Å². The number of carbonyl (C=O) groups excluding carboxylic acids is 1. The van der Waals surface area contributed by atoms with Crippen LogP contribution < -0.4 is 15.2 Å². The minimum atomic E-state index is -0.104. The van der Waals surface area contributed by atoms with Gasteiger partial charge in [0.1, 0.15) is 0 Å². The largest absolute Gasteiger partial charge is 0.493 e. The zero-order chi connectivity index (χ0) is 12.8. The van der Waals surface area contributed by atoms with Crippen LogP contribution >= 0.6 is 11.6 Å². The van der Waals surface area contributed by atoms with Gasteiger partial charge in [0.2, 0.25) is 0 Å². The molecule has 0 unspecified atom stereocenters. The Morgan fingerprint density at radius 3 is 2.65 bits per heavy atom. The highest BCUT2D eigenvalue weighted by molar-refractivity contribution is 6.17. The standard InChI is InChI=1S/C12H16ClNO3/c1-8(15)9-6-11(16-2)12(7-10(9)14)17-5-3-4-13/h6-7H,3-5,14H2,1-2H3. The van der Waals surface area contributed by atoms with Gasteiger partial charge in [-0.25, -0.2) is 0 Å². The molecule has 0 atom stereocenters. The lowest BCUT2D eigenvalue weighted by Gasteiger charge is -2.13. The minimum Gasteiger partial charge on any atom is -0.493 e. The molecule has 0 spiro atoms. The molecule has 0 saturated carbocycles. The predicted molar refractivity (Wildman–Crippen MR) is 68.2 cm³/mol. The zero-order valence-electron chi connectivity index (χ0n) is 9.96. The Morgan fingerprint density at radius 2 is 2.12 bits per heavy atom. The Labute approximate surface area is 106 Å². The normalized spacial score (nSPS) is 10.1. The number of hydrogen-bond acceptors (Lipinski definition) is 4. The number of ketones is 1. The Hall–Kier alpha value is -1.42. The number of hydrogen-bond donors (Lipinski definition) is 1. The van der Waals surface area contributed by atoms with E-state index in [2.05, 4.69) is 0 Å². The molecule has 1 aromatic rings. The minimum absolute atomic E-state index is 0.104. The lowest BCUT2D eigenvalue weighted by molar-refractivity contribution is 0.101. The molecule has 0 radical (unpaired) electrons. The molecule has 0 fully saturated rings. The van der Waals surface area contributed by atoms with Crippen LogP contribution in [0.2, 0.25) is 0 Å². The molecule has 2 N–H and O–H groups in total. The predicted octanol–water partition coefficient (Wildman–Crippen LogP) is 2.49. The molecule has 0 saturated heterocycles. The van der Waals surface area contributed by atoms with Crippen molar-refractivity contribution in [3.8, 4) is 11.5 Å². The van der Waals surface area contributed by atoms with E-state index in [1.807, 2.05) is 0 Å². The number of benzene rings is 1. The van der Waals surface area contributed by atoms with Gasteiger partial charge >= 0.3 is 0 Å².